The monoisotopic (exact) mass is 353 g/mol. The summed E-state index contributed by atoms with van der Waals surface area (Å²) in [6, 6.07) is 0. The number of amides is 1. The van der Waals surface area contributed by atoms with Crippen LogP contribution in [0.3, 0.4) is 0 Å². The van der Waals surface area contributed by atoms with Gasteiger partial charge in [-0.1, -0.05) is 90.7 Å². The highest BCUT2D eigenvalue weighted by atomic mass is 16.5. The molecule has 0 spiro atoms. The SMILES string of the molecule is C=C(C)C(=O)OCCCCCCCCCCCCCC.C=CNC=O. The Kier molecular flexibility index (Phi) is 23.0. The van der Waals surface area contributed by atoms with Gasteiger partial charge in [-0.15, -0.1) is 0 Å². The molecule has 0 bridgehead atoms. The van der Waals surface area contributed by atoms with Crippen molar-refractivity contribution in [3.8, 4) is 0 Å². The van der Waals surface area contributed by atoms with Crippen LogP contribution in [-0.4, -0.2) is 19.0 Å². The maximum absolute atomic E-state index is 11.1. The zero-order chi connectivity index (χ0) is 19.2. The standard InChI is InChI=1S/C18H34O2.C3H5NO/c1-4-5-6-7-8-9-10-11-12-13-14-15-16-20-18(19)17(2)3;1-2-4-3-5/h2,4-16H2,1,3H3;2-3H,1H2,(H,4,5). The first-order chi connectivity index (χ1) is 12.1. The van der Waals surface area contributed by atoms with E-state index in [0.717, 1.165) is 6.42 Å². The lowest BCUT2D eigenvalue weighted by molar-refractivity contribution is -0.139. The van der Waals surface area contributed by atoms with E-state index < -0.39 is 0 Å². The first-order valence-corrected chi connectivity index (χ1v) is 9.73. The van der Waals surface area contributed by atoms with Crippen LogP contribution < -0.4 is 5.32 Å². The van der Waals surface area contributed by atoms with Crippen molar-refractivity contribution in [2.75, 3.05) is 6.61 Å². The molecule has 1 N–H and O–H groups in total. The maximum atomic E-state index is 11.1. The molecule has 0 aromatic carbocycles. The molecule has 0 rings (SSSR count). The van der Waals surface area contributed by atoms with E-state index in [0.29, 0.717) is 18.6 Å². The van der Waals surface area contributed by atoms with Crippen LogP contribution in [0.1, 0.15) is 90.9 Å². The summed E-state index contributed by atoms with van der Waals surface area (Å²) in [6.45, 7) is 11.3. The van der Waals surface area contributed by atoms with Crippen LogP contribution in [0.2, 0.25) is 0 Å². The topological polar surface area (TPSA) is 55.4 Å². The van der Waals surface area contributed by atoms with Crippen LogP contribution in [0.15, 0.2) is 24.9 Å². The van der Waals surface area contributed by atoms with E-state index in [-0.39, 0.29) is 5.97 Å². The molecule has 25 heavy (non-hydrogen) atoms. The number of hydrogen-bond acceptors (Lipinski definition) is 3. The molecule has 0 unspecified atom stereocenters. The Bertz CT molecular complexity index is 334. The predicted octanol–water partition coefficient (Wildman–Crippen LogP) is 5.68. The van der Waals surface area contributed by atoms with Gasteiger partial charge in [0.25, 0.3) is 0 Å². The number of ether oxygens (including phenoxy) is 1. The van der Waals surface area contributed by atoms with E-state index in [9.17, 15) is 9.59 Å². The summed E-state index contributed by atoms with van der Waals surface area (Å²) in [5.74, 6) is -0.256. The molecule has 4 nitrogen and oxygen atoms in total. The van der Waals surface area contributed by atoms with E-state index in [1.165, 1.54) is 76.8 Å². The van der Waals surface area contributed by atoms with Gasteiger partial charge in [0.15, 0.2) is 0 Å². The Morgan fingerprint density at radius 2 is 1.36 bits per heavy atom. The highest BCUT2D eigenvalue weighted by Gasteiger charge is 2.01. The molecule has 4 heteroatoms. The predicted molar refractivity (Wildman–Crippen MR) is 106 cm³/mol. The van der Waals surface area contributed by atoms with Crippen LogP contribution in [0, 0.1) is 0 Å². The highest BCUT2D eigenvalue weighted by Crippen LogP contribution is 2.11. The third-order valence-corrected chi connectivity index (χ3v) is 3.77. The number of unbranched alkanes of at least 4 members (excludes halogenated alkanes) is 11. The van der Waals surface area contributed by atoms with E-state index in [2.05, 4.69) is 25.4 Å². The van der Waals surface area contributed by atoms with Crippen molar-refractivity contribution in [1.82, 2.24) is 5.32 Å². The van der Waals surface area contributed by atoms with Gasteiger partial charge in [0.1, 0.15) is 0 Å². The van der Waals surface area contributed by atoms with Gasteiger partial charge in [-0.05, 0) is 19.5 Å². The van der Waals surface area contributed by atoms with E-state index in [1.807, 2.05) is 0 Å². The average Bonchev–Trinajstić information content (AvgIpc) is 2.60. The molecular weight excluding hydrogens is 314 g/mol. The Hall–Kier alpha value is -1.58. The number of carbonyl (C=O) groups excluding carboxylic acids is 2. The summed E-state index contributed by atoms with van der Waals surface area (Å²) in [5.41, 5.74) is 0.490. The molecule has 0 heterocycles. The third-order valence-electron chi connectivity index (χ3n) is 3.77. The van der Waals surface area contributed by atoms with Gasteiger partial charge < -0.3 is 10.1 Å². The summed E-state index contributed by atoms with van der Waals surface area (Å²) < 4.78 is 5.06. The minimum Gasteiger partial charge on any atom is -0.462 e. The molecule has 0 atom stereocenters. The fraction of sp³-hybridized carbons (Fsp3) is 0.714. The van der Waals surface area contributed by atoms with Crippen LogP contribution in [0.25, 0.3) is 0 Å². The smallest absolute Gasteiger partial charge is 0.333 e. The van der Waals surface area contributed by atoms with E-state index in [4.69, 9.17) is 4.74 Å². The van der Waals surface area contributed by atoms with Gasteiger partial charge in [-0.3, -0.25) is 4.79 Å². The minimum atomic E-state index is -0.256. The average molecular weight is 354 g/mol. The minimum absolute atomic E-state index is 0.256. The molecular formula is C21H39NO3. The first-order valence-electron chi connectivity index (χ1n) is 9.73. The fourth-order valence-electron chi connectivity index (χ4n) is 2.28. The normalized spacial score (nSPS) is 9.52. The van der Waals surface area contributed by atoms with Crippen molar-refractivity contribution >= 4 is 12.4 Å². The van der Waals surface area contributed by atoms with Crippen molar-refractivity contribution < 1.29 is 14.3 Å². The molecule has 146 valence electrons. The lowest BCUT2D eigenvalue weighted by Crippen LogP contribution is -2.05. The van der Waals surface area contributed by atoms with Gasteiger partial charge in [0.05, 0.1) is 6.61 Å². The number of carbonyl (C=O) groups is 2. The second kappa shape index (κ2) is 22.4. The Labute approximate surface area is 155 Å². The molecule has 0 saturated carbocycles. The summed E-state index contributed by atoms with van der Waals surface area (Å²) in [4.78, 5) is 20.3. The number of esters is 1. The second-order valence-electron chi connectivity index (χ2n) is 6.29. The second-order valence-corrected chi connectivity index (χ2v) is 6.29. The van der Waals surface area contributed by atoms with Gasteiger partial charge in [-0.25, -0.2) is 4.79 Å². The largest absolute Gasteiger partial charge is 0.462 e. The molecule has 0 aromatic rings. The van der Waals surface area contributed by atoms with Crippen LogP contribution >= 0.6 is 0 Å². The number of rotatable bonds is 16. The lowest BCUT2D eigenvalue weighted by Gasteiger charge is -2.04. The molecule has 0 aromatic heterocycles. The number of hydrogen-bond donors (Lipinski definition) is 1. The van der Waals surface area contributed by atoms with Gasteiger partial charge >= 0.3 is 5.97 Å². The van der Waals surface area contributed by atoms with Gasteiger partial charge in [0, 0.05) is 5.57 Å². The van der Waals surface area contributed by atoms with Crippen molar-refractivity contribution in [2.45, 2.75) is 90.9 Å². The molecule has 0 saturated heterocycles. The molecule has 0 aliphatic rings. The van der Waals surface area contributed by atoms with Crippen LogP contribution in [0.4, 0.5) is 0 Å². The molecule has 1 amide bonds. The molecule has 0 radical (unpaired) electrons. The Morgan fingerprint density at radius 1 is 0.920 bits per heavy atom. The van der Waals surface area contributed by atoms with E-state index in [1.54, 1.807) is 6.92 Å². The van der Waals surface area contributed by atoms with E-state index >= 15 is 0 Å². The summed E-state index contributed by atoms with van der Waals surface area (Å²) >= 11 is 0. The van der Waals surface area contributed by atoms with Crippen molar-refractivity contribution in [3.05, 3.63) is 24.9 Å². The summed E-state index contributed by atoms with van der Waals surface area (Å²) in [6.07, 6.45) is 17.7. The maximum Gasteiger partial charge on any atom is 0.333 e. The van der Waals surface area contributed by atoms with Crippen molar-refractivity contribution in [2.24, 2.45) is 0 Å². The third kappa shape index (κ3) is 24.8. The quantitative estimate of drug-likeness (QED) is 0.168. The van der Waals surface area contributed by atoms with Crippen LogP contribution in [0.5, 0.6) is 0 Å². The number of nitrogens with one attached hydrogen (secondary N) is 1. The molecule has 0 fully saturated rings. The summed E-state index contributed by atoms with van der Waals surface area (Å²) in [7, 11) is 0. The summed E-state index contributed by atoms with van der Waals surface area (Å²) in [5, 5.41) is 2.19. The van der Waals surface area contributed by atoms with Crippen molar-refractivity contribution in [3.63, 3.8) is 0 Å². The Morgan fingerprint density at radius 3 is 1.68 bits per heavy atom. The zero-order valence-corrected chi connectivity index (χ0v) is 16.5. The fourth-order valence-corrected chi connectivity index (χ4v) is 2.28. The molecule has 0 aliphatic carbocycles. The zero-order valence-electron chi connectivity index (χ0n) is 16.5. The van der Waals surface area contributed by atoms with Gasteiger partial charge in [-0.2, -0.15) is 0 Å². The lowest BCUT2D eigenvalue weighted by atomic mass is 10.1. The van der Waals surface area contributed by atoms with Crippen LogP contribution in [-0.2, 0) is 14.3 Å². The highest BCUT2D eigenvalue weighted by molar-refractivity contribution is 5.86. The first kappa shape index (κ1) is 25.7. The Balaban J connectivity index is 0. The van der Waals surface area contributed by atoms with Crippen molar-refractivity contribution in [1.29, 1.82) is 0 Å². The molecule has 0 aliphatic heterocycles. The van der Waals surface area contributed by atoms with Gasteiger partial charge in [0.2, 0.25) is 6.41 Å².